The highest BCUT2D eigenvalue weighted by atomic mass is 127. The van der Waals surface area contributed by atoms with Crippen LogP contribution in [0.15, 0.2) is 77.3 Å². The molecule has 0 fully saturated rings. The second kappa shape index (κ2) is 8.46. The molecule has 2 amide bonds. The molecule has 4 nitrogen and oxygen atoms in total. The first-order valence-electron chi connectivity index (χ1n) is 7.76. The Balaban J connectivity index is 1.74. The number of carbonyl (C=O) groups is 2. The van der Waals surface area contributed by atoms with Crippen molar-refractivity contribution in [3.8, 4) is 0 Å². The number of halogens is 2. The quantitative estimate of drug-likeness (QED) is 0.442. The van der Waals surface area contributed by atoms with Gasteiger partial charge in [0.15, 0.2) is 0 Å². The topological polar surface area (TPSA) is 58.2 Å². The van der Waals surface area contributed by atoms with Gasteiger partial charge in [0.05, 0.1) is 5.56 Å². The van der Waals surface area contributed by atoms with Gasteiger partial charge < -0.3 is 10.6 Å². The normalized spacial score (nSPS) is 10.2. The van der Waals surface area contributed by atoms with E-state index in [1.54, 1.807) is 42.5 Å². The van der Waals surface area contributed by atoms with E-state index in [1.165, 1.54) is 0 Å². The summed E-state index contributed by atoms with van der Waals surface area (Å²) in [6.07, 6.45) is 0. The van der Waals surface area contributed by atoms with Crippen LogP contribution in [0.3, 0.4) is 0 Å². The summed E-state index contributed by atoms with van der Waals surface area (Å²) in [6.45, 7) is 0. The highest BCUT2D eigenvalue weighted by molar-refractivity contribution is 14.1. The minimum absolute atomic E-state index is 0.199. The third-order valence-electron chi connectivity index (χ3n) is 3.59. The molecule has 0 aliphatic heterocycles. The molecule has 0 saturated heterocycles. The van der Waals surface area contributed by atoms with E-state index in [0.29, 0.717) is 22.5 Å². The maximum atomic E-state index is 12.5. The van der Waals surface area contributed by atoms with E-state index in [1.807, 2.05) is 30.3 Å². The second-order valence-electron chi connectivity index (χ2n) is 5.48. The van der Waals surface area contributed by atoms with Crippen LogP contribution in [0.2, 0.25) is 0 Å². The number of hydrogen-bond acceptors (Lipinski definition) is 2. The Kier molecular flexibility index (Phi) is 6.05. The molecule has 6 heteroatoms. The monoisotopic (exact) mass is 520 g/mol. The molecule has 0 spiro atoms. The fourth-order valence-electron chi connectivity index (χ4n) is 2.34. The van der Waals surface area contributed by atoms with Crippen LogP contribution in [0.1, 0.15) is 20.7 Å². The smallest absolute Gasteiger partial charge is 0.256 e. The summed E-state index contributed by atoms with van der Waals surface area (Å²) in [5.41, 5.74) is 2.38. The Hall–Kier alpha value is -2.19. The first-order chi connectivity index (χ1) is 12.5. The Labute approximate surface area is 173 Å². The molecule has 0 radical (unpaired) electrons. The van der Waals surface area contributed by atoms with Gasteiger partial charge >= 0.3 is 0 Å². The molecule has 0 atom stereocenters. The number of rotatable bonds is 4. The predicted molar refractivity (Wildman–Crippen MR) is 116 cm³/mol. The molecule has 0 aromatic heterocycles. The van der Waals surface area contributed by atoms with Gasteiger partial charge in [0.25, 0.3) is 11.8 Å². The predicted octanol–water partition coefficient (Wildman–Crippen LogP) is 5.56. The van der Waals surface area contributed by atoms with E-state index in [-0.39, 0.29) is 11.8 Å². The number of amides is 2. The SMILES string of the molecule is O=C(Nc1cccc(NC(=O)c2cc(Br)ccc2I)c1)c1ccccc1. The third kappa shape index (κ3) is 4.70. The van der Waals surface area contributed by atoms with Crippen LogP contribution in [0, 0.1) is 3.57 Å². The van der Waals surface area contributed by atoms with Gasteiger partial charge in [-0.05, 0) is 71.1 Å². The van der Waals surface area contributed by atoms with Gasteiger partial charge in [-0.3, -0.25) is 9.59 Å². The lowest BCUT2D eigenvalue weighted by molar-refractivity contribution is 0.101. The van der Waals surface area contributed by atoms with E-state index >= 15 is 0 Å². The van der Waals surface area contributed by atoms with E-state index in [9.17, 15) is 9.59 Å². The van der Waals surface area contributed by atoms with Gasteiger partial charge in [-0.2, -0.15) is 0 Å². The van der Waals surface area contributed by atoms with E-state index in [0.717, 1.165) is 8.04 Å². The Morgan fingerprint density at radius 2 is 1.42 bits per heavy atom. The van der Waals surface area contributed by atoms with E-state index in [4.69, 9.17) is 0 Å². The minimum atomic E-state index is -0.206. The molecule has 0 saturated carbocycles. The van der Waals surface area contributed by atoms with Crippen LogP contribution in [-0.2, 0) is 0 Å². The summed E-state index contributed by atoms with van der Waals surface area (Å²) in [7, 11) is 0. The molecule has 3 aromatic rings. The Morgan fingerprint density at radius 3 is 2.12 bits per heavy atom. The molecular weight excluding hydrogens is 507 g/mol. The number of nitrogens with one attached hydrogen (secondary N) is 2. The van der Waals surface area contributed by atoms with Crippen molar-refractivity contribution < 1.29 is 9.59 Å². The van der Waals surface area contributed by atoms with Crippen LogP contribution in [0.5, 0.6) is 0 Å². The Morgan fingerprint density at radius 1 is 0.769 bits per heavy atom. The van der Waals surface area contributed by atoms with Crippen LogP contribution < -0.4 is 10.6 Å². The summed E-state index contributed by atoms with van der Waals surface area (Å²) in [4.78, 5) is 24.8. The molecule has 0 unspecified atom stereocenters. The van der Waals surface area contributed by atoms with Gasteiger partial charge in [-0.1, -0.05) is 40.2 Å². The van der Waals surface area contributed by atoms with Gasteiger partial charge in [-0.15, -0.1) is 0 Å². The fourth-order valence-corrected chi connectivity index (χ4v) is 3.28. The Bertz CT molecular complexity index is 961. The lowest BCUT2D eigenvalue weighted by Gasteiger charge is -2.10. The summed E-state index contributed by atoms with van der Waals surface area (Å²) < 4.78 is 1.70. The fraction of sp³-hybridized carbons (Fsp3) is 0. The largest absolute Gasteiger partial charge is 0.322 e. The van der Waals surface area contributed by atoms with Gasteiger partial charge in [0.1, 0.15) is 0 Å². The summed E-state index contributed by atoms with van der Waals surface area (Å²) >= 11 is 5.51. The van der Waals surface area contributed by atoms with Crippen LogP contribution in [0.4, 0.5) is 11.4 Å². The molecule has 130 valence electrons. The average molecular weight is 521 g/mol. The number of hydrogen-bond donors (Lipinski definition) is 2. The average Bonchev–Trinajstić information content (AvgIpc) is 2.64. The van der Waals surface area contributed by atoms with Crippen molar-refractivity contribution in [1.29, 1.82) is 0 Å². The van der Waals surface area contributed by atoms with Gasteiger partial charge in [0, 0.05) is 25.0 Å². The van der Waals surface area contributed by atoms with Crippen molar-refractivity contribution in [3.63, 3.8) is 0 Å². The zero-order valence-corrected chi connectivity index (χ0v) is 17.2. The van der Waals surface area contributed by atoms with Gasteiger partial charge in [-0.25, -0.2) is 0 Å². The number of carbonyl (C=O) groups excluding carboxylic acids is 2. The highest BCUT2D eigenvalue weighted by Crippen LogP contribution is 2.21. The summed E-state index contributed by atoms with van der Waals surface area (Å²) in [5, 5.41) is 5.70. The van der Waals surface area contributed by atoms with Crippen LogP contribution in [0.25, 0.3) is 0 Å². The van der Waals surface area contributed by atoms with Crippen molar-refractivity contribution in [2.24, 2.45) is 0 Å². The standard InChI is InChI=1S/C20H14BrIN2O2/c21-14-9-10-18(22)17(11-14)20(26)24-16-8-4-7-15(12-16)23-19(25)13-5-2-1-3-6-13/h1-12H,(H,23,25)(H,24,26). The van der Waals surface area contributed by atoms with Crippen molar-refractivity contribution >= 4 is 61.7 Å². The minimum Gasteiger partial charge on any atom is -0.322 e. The molecule has 0 bridgehead atoms. The van der Waals surface area contributed by atoms with E-state index in [2.05, 4.69) is 49.2 Å². The van der Waals surface area contributed by atoms with Gasteiger partial charge in [0.2, 0.25) is 0 Å². The maximum Gasteiger partial charge on any atom is 0.256 e. The zero-order chi connectivity index (χ0) is 18.5. The second-order valence-corrected chi connectivity index (χ2v) is 7.56. The molecule has 3 rings (SSSR count). The summed E-state index contributed by atoms with van der Waals surface area (Å²) in [6, 6.07) is 21.6. The maximum absolute atomic E-state index is 12.5. The van der Waals surface area contributed by atoms with E-state index < -0.39 is 0 Å². The van der Waals surface area contributed by atoms with Crippen molar-refractivity contribution in [3.05, 3.63) is 92.0 Å². The lowest BCUT2D eigenvalue weighted by atomic mass is 10.2. The first kappa shape index (κ1) is 18.6. The molecule has 0 aliphatic carbocycles. The molecule has 3 aromatic carbocycles. The number of anilines is 2. The van der Waals surface area contributed by atoms with Crippen LogP contribution in [-0.4, -0.2) is 11.8 Å². The first-order valence-corrected chi connectivity index (χ1v) is 9.63. The molecule has 26 heavy (non-hydrogen) atoms. The molecule has 0 aliphatic rings. The lowest BCUT2D eigenvalue weighted by Crippen LogP contribution is -2.14. The van der Waals surface area contributed by atoms with Crippen molar-refractivity contribution in [2.45, 2.75) is 0 Å². The highest BCUT2D eigenvalue weighted by Gasteiger charge is 2.12. The van der Waals surface area contributed by atoms with Crippen LogP contribution >= 0.6 is 38.5 Å². The summed E-state index contributed by atoms with van der Waals surface area (Å²) in [5.74, 6) is -0.405. The molecule has 2 N–H and O–H groups in total. The van der Waals surface area contributed by atoms with Crippen molar-refractivity contribution in [2.75, 3.05) is 10.6 Å². The molecular formula is C20H14BrIN2O2. The third-order valence-corrected chi connectivity index (χ3v) is 5.02. The zero-order valence-electron chi connectivity index (χ0n) is 13.5. The molecule has 0 heterocycles. The number of benzene rings is 3. The van der Waals surface area contributed by atoms with Crippen molar-refractivity contribution in [1.82, 2.24) is 0 Å².